The molecule has 0 amide bonds. The molecule has 0 bridgehead atoms. The average molecular weight is 230 g/mol. The van der Waals surface area contributed by atoms with Crippen LogP contribution in [0, 0.1) is 0 Å². The lowest BCUT2D eigenvalue weighted by Gasteiger charge is -2.16. The van der Waals surface area contributed by atoms with Crippen molar-refractivity contribution in [1.82, 2.24) is 0 Å². The maximum Gasteiger partial charge on any atom is 0.333 e. The van der Waals surface area contributed by atoms with Gasteiger partial charge in [-0.2, -0.15) is 0 Å². The van der Waals surface area contributed by atoms with Crippen molar-refractivity contribution in [2.75, 3.05) is 13.2 Å². The average Bonchev–Trinajstić information content (AvgIpc) is 2.17. The monoisotopic (exact) mass is 230 g/mol. The molecule has 2 atom stereocenters. The van der Waals surface area contributed by atoms with Crippen molar-refractivity contribution in [1.29, 1.82) is 0 Å². The van der Waals surface area contributed by atoms with Crippen molar-refractivity contribution in [3.63, 3.8) is 0 Å². The van der Waals surface area contributed by atoms with Crippen LogP contribution >= 0.6 is 0 Å². The minimum Gasteiger partial charge on any atom is -0.463 e. The van der Waals surface area contributed by atoms with E-state index >= 15 is 0 Å². The topological polar surface area (TPSA) is 44.8 Å². The molecule has 4 nitrogen and oxygen atoms in total. The highest BCUT2D eigenvalue weighted by Crippen LogP contribution is 2.05. The fourth-order valence-electron chi connectivity index (χ4n) is 1.28. The summed E-state index contributed by atoms with van der Waals surface area (Å²) in [6.07, 6.45) is 1.28. The maximum absolute atomic E-state index is 11.3. The van der Waals surface area contributed by atoms with E-state index in [-0.39, 0.29) is 18.4 Å². The Balaban J connectivity index is 4.13. The first-order valence-electron chi connectivity index (χ1n) is 5.63. The quantitative estimate of drug-likeness (QED) is 0.382. The predicted molar refractivity (Wildman–Crippen MR) is 62.0 cm³/mol. The number of carbonyl (C=O) groups is 1. The van der Waals surface area contributed by atoms with Gasteiger partial charge < -0.3 is 14.2 Å². The molecular formula is C12H22O4. The molecule has 1 unspecified atom stereocenters. The third-order valence-corrected chi connectivity index (χ3v) is 1.89. The lowest BCUT2D eigenvalue weighted by molar-refractivity contribution is -0.144. The first-order chi connectivity index (χ1) is 7.51. The molecule has 0 heterocycles. The summed E-state index contributed by atoms with van der Waals surface area (Å²) in [6, 6.07) is 0. The molecule has 0 saturated carbocycles. The number of hydrogen-bond acceptors (Lipinski definition) is 4. The van der Waals surface area contributed by atoms with Crippen molar-refractivity contribution in [3.8, 4) is 0 Å². The number of hydrogen-bond donors (Lipinski definition) is 0. The van der Waals surface area contributed by atoms with Gasteiger partial charge in [0.1, 0.15) is 0 Å². The molecule has 0 saturated heterocycles. The molecule has 0 rings (SSSR count). The van der Waals surface area contributed by atoms with E-state index < -0.39 is 0 Å². The second kappa shape index (κ2) is 8.30. The van der Waals surface area contributed by atoms with Crippen LogP contribution in [0.15, 0.2) is 11.6 Å². The molecule has 4 heteroatoms. The Labute approximate surface area is 97.6 Å². The van der Waals surface area contributed by atoms with Crippen LogP contribution in [0.1, 0.15) is 34.6 Å². The third kappa shape index (κ3) is 6.58. The van der Waals surface area contributed by atoms with Crippen LogP contribution in [0.25, 0.3) is 0 Å². The van der Waals surface area contributed by atoms with E-state index in [4.69, 9.17) is 14.2 Å². The number of rotatable bonds is 7. The van der Waals surface area contributed by atoms with E-state index in [1.54, 1.807) is 19.9 Å². The Morgan fingerprint density at radius 1 is 1.25 bits per heavy atom. The van der Waals surface area contributed by atoms with Gasteiger partial charge in [0.2, 0.25) is 0 Å². The molecule has 0 aromatic rings. The van der Waals surface area contributed by atoms with Crippen LogP contribution in [0.3, 0.4) is 0 Å². The van der Waals surface area contributed by atoms with Crippen molar-refractivity contribution in [3.05, 3.63) is 11.6 Å². The standard InChI is InChI=1S/C12H22O4/c1-6-14-11(5)16-10(4)8-9(3)12(13)15-7-2/h8,10-11H,6-7H2,1-5H3/b9-8+/t10-,11?/m0/s1. The van der Waals surface area contributed by atoms with Crippen molar-refractivity contribution >= 4 is 5.97 Å². The van der Waals surface area contributed by atoms with Gasteiger partial charge in [-0.3, -0.25) is 0 Å². The Morgan fingerprint density at radius 2 is 1.88 bits per heavy atom. The fourth-order valence-corrected chi connectivity index (χ4v) is 1.28. The first kappa shape index (κ1) is 15.1. The molecular weight excluding hydrogens is 208 g/mol. The summed E-state index contributed by atoms with van der Waals surface area (Å²) < 4.78 is 15.6. The number of carbonyl (C=O) groups excluding carboxylic acids is 1. The summed E-state index contributed by atoms with van der Waals surface area (Å²) in [6.45, 7) is 10.1. The molecule has 0 radical (unpaired) electrons. The van der Waals surface area contributed by atoms with E-state index in [9.17, 15) is 4.79 Å². The van der Waals surface area contributed by atoms with Crippen LogP contribution < -0.4 is 0 Å². The smallest absolute Gasteiger partial charge is 0.333 e. The molecule has 0 aromatic heterocycles. The van der Waals surface area contributed by atoms with Crippen LogP contribution in [0.4, 0.5) is 0 Å². The van der Waals surface area contributed by atoms with Crippen molar-refractivity contribution < 1.29 is 19.0 Å². The fraction of sp³-hybridized carbons (Fsp3) is 0.750. The van der Waals surface area contributed by atoms with E-state index in [1.807, 2.05) is 20.8 Å². The molecule has 0 fully saturated rings. The summed E-state index contributed by atoms with van der Waals surface area (Å²) in [5.74, 6) is -0.304. The molecule has 0 aromatic carbocycles. The summed E-state index contributed by atoms with van der Waals surface area (Å²) >= 11 is 0. The van der Waals surface area contributed by atoms with Crippen molar-refractivity contribution in [2.45, 2.75) is 47.0 Å². The van der Waals surface area contributed by atoms with Gasteiger partial charge in [-0.15, -0.1) is 0 Å². The van der Waals surface area contributed by atoms with Gasteiger partial charge in [-0.05, 0) is 40.7 Å². The highest BCUT2D eigenvalue weighted by molar-refractivity contribution is 5.87. The molecule has 0 aliphatic carbocycles. The van der Waals surface area contributed by atoms with Crippen LogP contribution in [-0.4, -0.2) is 31.6 Å². The summed E-state index contributed by atoms with van der Waals surface area (Å²) in [7, 11) is 0. The zero-order valence-electron chi connectivity index (χ0n) is 10.8. The molecule has 0 N–H and O–H groups in total. The summed E-state index contributed by atoms with van der Waals surface area (Å²) in [4.78, 5) is 11.3. The minimum absolute atomic E-state index is 0.175. The van der Waals surface area contributed by atoms with Crippen LogP contribution in [0.5, 0.6) is 0 Å². The Morgan fingerprint density at radius 3 is 2.38 bits per heavy atom. The van der Waals surface area contributed by atoms with Gasteiger partial charge >= 0.3 is 5.97 Å². The van der Waals surface area contributed by atoms with Gasteiger partial charge in [0.25, 0.3) is 0 Å². The van der Waals surface area contributed by atoms with E-state index in [0.29, 0.717) is 18.8 Å². The highest BCUT2D eigenvalue weighted by Gasteiger charge is 2.09. The van der Waals surface area contributed by atoms with Crippen LogP contribution in [-0.2, 0) is 19.0 Å². The largest absolute Gasteiger partial charge is 0.463 e. The van der Waals surface area contributed by atoms with Gasteiger partial charge in [-0.25, -0.2) is 4.79 Å². The van der Waals surface area contributed by atoms with E-state index in [1.165, 1.54) is 0 Å². The molecule has 0 aliphatic heterocycles. The van der Waals surface area contributed by atoms with Gasteiger partial charge in [0.15, 0.2) is 6.29 Å². The molecule has 0 spiro atoms. The zero-order valence-corrected chi connectivity index (χ0v) is 10.8. The lowest BCUT2D eigenvalue weighted by Crippen LogP contribution is -2.19. The number of esters is 1. The molecule has 16 heavy (non-hydrogen) atoms. The summed E-state index contributed by atoms with van der Waals surface area (Å²) in [5.41, 5.74) is 0.554. The molecule has 0 aliphatic rings. The second-order valence-electron chi connectivity index (χ2n) is 3.43. The van der Waals surface area contributed by atoms with Crippen molar-refractivity contribution in [2.24, 2.45) is 0 Å². The lowest BCUT2D eigenvalue weighted by atomic mass is 10.2. The number of ether oxygens (including phenoxy) is 3. The predicted octanol–water partition coefficient (Wildman–Crippen LogP) is 2.28. The maximum atomic E-state index is 11.3. The Hall–Kier alpha value is -0.870. The molecule has 94 valence electrons. The first-order valence-corrected chi connectivity index (χ1v) is 5.63. The highest BCUT2D eigenvalue weighted by atomic mass is 16.7. The minimum atomic E-state index is -0.304. The van der Waals surface area contributed by atoms with Gasteiger partial charge in [0.05, 0.1) is 12.7 Å². The van der Waals surface area contributed by atoms with E-state index in [0.717, 1.165) is 0 Å². The Bertz CT molecular complexity index is 235. The Kier molecular flexibility index (Phi) is 7.85. The normalized spacial score (nSPS) is 15.7. The van der Waals surface area contributed by atoms with Crippen LogP contribution in [0.2, 0.25) is 0 Å². The van der Waals surface area contributed by atoms with Gasteiger partial charge in [-0.1, -0.05) is 0 Å². The SMILES string of the molecule is CCOC(=O)/C(C)=C/[C@H](C)OC(C)OCC. The second-order valence-corrected chi connectivity index (χ2v) is 3.43. The summed E-state index contributed by atoms with van der Waals surface area (Å²) in [5, 5.41) is 0. The van der Waals surface area contributed by atoms with E-state index in [2.05, 4.69) is 0 Å². The zero-order chi connectivity index (χ0) is 12.6. The van der Waals surface area contributed by atoms with Gasteiger partial charge in [0, 0.05) is 12.2 Å². The third-order valence-electron chi connectivity index (χ3n) is 1.89.